The molecule has 112 valence electrons. The van der Waals surface area contributed by atoms with Crippen LogP contribution in [0.5, 0.6) is 0 Å². The molecule has 1 aromatic rings. The number of amides is 1. The predicted octanol–water partition coefficient (Wildman–Crippen LogP) is 1.53. The smallest absolute Gasteiger partial charge is 0.262 e. The molecule has 1 amide bonds. The van der Waals surface area contributed by atoms with Crippen molar-refractivity contribution in [2.24, 2.45) is 4.99 Å². The number of para-hydroxylation sites is 1. The lowest BCUT2D eigenvalue weighted by atomic mass is 10.2. The molecule has 0 radical (unpaired) electrons. The lowest BCUT2D eigenvalue weighted by Gasteiger charge is -2.24. The lowest BCUT2D eigenvalue weighted by Crippen LogP contribution is -2.37. The van der Waals surface area contributed by atoms with Crippen molar-refractivity contribution in [3.8, 4) is 0 Å². The number of benzene rings is 1. The van der Waals surface area contributed by atoms with Gasteiger partial charge in [-0.1, -0.05) is 30.0 Å². The van der Waals surface area contributed by atoms with Crippen molar-refractivity contribution >= 4 is 50.0 Å². The summed E-state index contributed by atoms with van der Waals surface area (Å²) in [7, 11) is -3.03. The highest BCUT2D eigenvalue weighted by atomic mass is 35.5. The Morgan fingerprint density at radius 3 is 2.71 bits per heavy atom. The molecule has 1 aromatic carbocycles. The summed E-state index contributed by atoms with van der Waals surface area (Å²) in [6.45, 7) is 0. The first-order chi connectivity index (χ1) is 10.00. The van der Waals surface area contributed by atoms with Crippen molar-refractivity contribution in [2.75, 3.05) is 22.3 Å². The van der Waals surface area contributed by atoms with E-state index in [1.165, 1.54) is 11.8 Å². The molecule has 0 aliphatic carbocycles. The zero-order chi connectivity index (χ0) is 15.0. The molecule has 2 aliphatic heterocycles. The fourth-order valence-electron chi connectivity index (χ4n) is 2.59. The highest BCUT2D eigenvalue weighted by Gasteiger charge is 2.49. The molecule has 8 heteroatoms. The van der Waals surface area contributed by atoms with Gasteiger partial charge in [-0.3, -0.25) is 4.79 Å². The van der Waals surface area contributed by atoms with Crippen molar-refractivity contribution in [1.29, 1.82) is 0 Å². The first-order valence-corrected chi connectivity index (χ1v) is 9.62. The fourth-order valence-corrected chi connectivity index (χ4v) is 6.58. The quantitative estimate of drug-likeness (QED) is 0.761. The predicted molar refractivity (Wildman–Crippen MR) is 85.9 cm³/mol. The van der Waals surface area contributed by atoms with Crippen LogP contribution in [0.3, 0.4) is 0 Å². The van der Waals surface area contributed by atoms with E-state index in [1.807, 2.05) is 35.2 Å². The van der Waals surface area contributed by atoms with Gasteiger partial charge in [-0.15, -0.1) is 11.6 Å². The molecular weight excluding hydrogens is 332 g/mol. The summed E-state index contributed by atoms with van der Waals surface area (Å²) in [4.78, 5) is 17.4. The third kappa shape index (κ3) is 2.95. The molecule has 0 bridgehead atoms. The van der Waals surface area contributed by atoms with Crippen LogP contribution in [-0.2, 0) is 14.6 Å². The summed E-state index contributed by atoms with van der Waals surface area (Å²) in [5.74, 6) is -0.379. The normalized spacial score (nSPS) is 28.8. The van der Waals surface area contributed by atoms with Gasteiger partial charge in [-0.05, 0) is 12.1 Å². The maximum Gasteiger partial charge on any atom is 0.262 e. The van der Waals surface area contributed by atoms with Crippen molar-refractivity contribution in [3.05, 3.63) is 30.3 Å². The topological polar surface area (TPSA) is 66.8 Å². The van der Waals surface area contributed by atoms with Gasteiger partial charge in [-0.25, -0.2) is 8.42 Å². The third-order valence-corrected chi connectivity index (χ3v) is 6.87. The van der Waals surface area contributed by atoms with E-state index in [1.54, 1.807) is 0 Å². The van der Waals surface area contributed by atoms with Crippen LogP contribution in [-0.4, -0.2) is 48.2 Å². The van der Waals surface area contributed by atoms with E-state index in [9.17, 15) is 13.2 Å². The van der Waals surface area contributed by atoms with E-state index >= 15 is 0 Å². The Hall–Kier alpha value is -1.05. The summed E-state index contributed by atoms with van der Waals surface area (Å²) in [6.07, 6.45) is 0. The van der Waals surface area contributed by atoms with Crippen LogP contribution in [0, 0.1) is 0 Å². The molecular formula is C13H13ClN2O3S2. The Kier molecular flexibility index (Phi) is 3.98. The highest BCUT2D eigenvalue weighted by molar-refractivity contribution is 8.16. The first kappa shape index (κ1) is 14.9. The van der Waals surface area contributed by atoms with Gasteiger partial charge in [0, 0.05) is 10.9 Å². The van der Waals surface area contributed by atoms with Gasteiger partial charge in [-0.2, -0.15) is 4.99 Å². The van der Waals surface area contributed by atoms with Gasteiger partial charge >= 0.3 is 0 Å². The molecule has 0 spiro atoms. The number of hydrogen-bond donors (Lipinski definition) is 0. The molecule has 2 saturated heterocycles. The van der Waals surface area contributed by atoms with Gasteiger partial charge in [0.1, 0.15) is 5.88 Å². The van der Waals surface area contributed by atoms with Crippen LogP contribution >= 0.6 is 23.4 Å². The summed E-state index contributed by atoms with van der Waals surface area (Å²) in [5.41, 5.74) is 0.843. The van der Waals surface area contributed by atoms with E-state index in [2.05, 4.69) is 4.99 Å². The van der Waals surface area contributed by atoms with Crippen LogP contribution in [0.1, 0.15) is 0 Å². The minimum atomic E-state index is -3.03. The van der Waals surface area contributed by atoms with Gasteiger partial charge in [0.05, 0.1) is 17.5 Å². The Morgan fingerprint density at radius 2 is 2.05 bits per heavy atom. The number of rotatable bonds is 2. The summed E-state index contributed by atoms with van der Waals surface area (Å²) >= 11 is 6.86. The van der Waals surface area contributed by atoms with Crippen molar-refractivity contribution in [1.82, 2.24) is 0 Å². The molecule has 2 atom stereocenters. The zero-order valence-electron chi connectivity index (χ0n) is 11.0. The number of fused-ring (bicyclic) bond motifs is 1. The van der Waals surface area contributed by atoms with Crippen molar-refractivity contribution < 1.29 is 13.2 Å². The SMILES string of the molecule is O=C(CCl)N=C1S[C@H]2CS(=O)(=O)C[C@@H]2N1c1ccccc1. The standard InChI is InChI=1S/C13H13ClN2O3S2/c14-6-12(17)15-13-16(9-4-2-1-3-5-9)10-7-21(18,19)8-11(10)20-13/h1-5,10-11H,6-8H2/t10-,11-/m0/s1. The summed E-state index contributed by atoms with van der Waals surface area (Å²) in [5, 5.41) is 0.453. The number of halogens is 1. The van der Waals surface area contributed by atoms with Crippen LogP contribution in [0.4, 0.5) is 5.69 Å². The number of hydrogen-bond acceptors (Lipinski definition) is 4. The van der Waals surface area contributed by atoms with Gasteiger partial charge in [0.15, 0.2) is 15.0 Å². The molecule has 3 rings (SSSR count). The molecule has 0 N–H and O–H groups in total. The van der Waals surface area contributed by atoms with E-state index in [0.29, 0.717) is 5.17 Å². The first-order valence-electron chi connectivity index (χ1n) is 6.39. The number of alkyl halides is 1. The van der Waals surface area contributed by atoms with E-state index < -0.39 is 15.7 Å². The van der Waals surface area contributed by atoms with E-state index in [0.717, 1.165) is 5.69 Å². The monoisotopic (exact) mass is 344 g/mol. The minimum absolute atomic E-state index is 0.0860. The molecule has 2 fully saturated rings. The largest absolute Gasteiger partial charge is 0.316 e. The average Bonchev–Trinajstić information content (AvgIpc) is 2.90. The molecule has 0 unspecified atom stereocenters. The molecule has 0 saturated carbocycles. The number of carbonyl (C=O) groups is 1. The molecule has 21 heavy (non-hydrogen) atoms. The van der Waals surface area contributed by atoms with E-state index in [4.69, 9.17) is 11.6 Å². The highest BCUT2D eigenvalue weighted by Crippen LogP contribution is 2.40. The van der Waals surface area contributed by atoms with E-state index in [-0.39, 0.29) is 28.7 Å². The Morgan fingerprint density at radius 1 is 1.33 bits per heavy atom. The minimum Gasteiger partial charge on any atom is -0.316 e. The van der Waals surface area contributed by atoms with Crippen LogP contribution in [0.15, 0.2) is 35.3 Å². The third-order valence-electron chi connectivity index (χ3n) is 3.44. The zero-order valence-corrected chi connectivity index (χ0v) is 13.4. The molecule has 5 nitrogen and oxygen atoms in total. The van der Waals surface area contributed by atoms with Gasteiger partial charge < -0.3 is 4.90 Å². The number of anilines is 1. The number of sulfone groups is 1. The maximum atomic E-state index is 11.8. The molecule has 2 aliphatic rings. The number of thioether (sulfide) groups is 1. The summed E-state index contributed by atoms with van der Waals surface area (Å²) in [6, 6.07) is 9.22. The Bertz CT molecular complexity index is 691. The number of amidine groups is 1. The van der Waals surface area contributed by atoms with Crippen LogP contribution in [0.2, 0.25) is 0 Å². The second-order valence-corrected chi connectivity index (χ2v) is 8.56. The Balaban J connectivity index is 2.00. The number of nitrogens with zero attached hydrogens (tertiary/aromatic N) is 2. The molecule has 2 heterocycles. The summed E-state index contributed by atoms with van der Waals surface area (Å²) < 4.78 is 23.7. The molecule has 0 aromatic heterocycles. The second kappa shape index (κ2) is 5.62. The Labute approximate surface area is 132 Å². The van der Waals surface area contributed by atoms with Crippen LogP contribution < -0.4 is 4.90 Å². The van der Waals surface area contributed by atoms with Crippen molar-refractivity contribution in [3.63, 3.8) is 0 Å². The van der Waals surface area contributed by atoms with Gasteiger partial charge in [0.25, 0.3) is 5.91 Å². The van der Waals surface area contributed by atoms with Gasteiger partial charge in [0.2, 0.25) is 0 Å². The average molecular weight is 345 g/mol. The second-order valence-electron chi connectivity index (χ2n) is 4.93. The van der Waals surface area contributed by atoms with Crippen molar-refractivity contribution in [2.45, 2.75) is 11.3 Å². The number of carbonyl (C=O) groups excluding carboxylic acids is 1. The fraction of sp³-hybridized carbons (Fsp3) is 0.385. The lowest BCUT2D eigenvalue weighted by molar-refractivity contribution is -0.115. The van der Waals surface area contributed by atoms with Crippen LogP contribution in [0.25, 0.3) is 0 Å². The maximum absolute atomic E-state index is 11.8. The number of aliphatic imine (C=N–C) groups is 1.